The SMILES string of the molecule is CC(=O)N1CCC[C@@H]1C(=O)N[C@H](C)C[C@@H](O)c1ccccc1. The van der Waals surface area contributed by atoms with Crippen molar-refractivity contribution >= 4 is 11.8 Å². The Hall–Kier alpha value is -1.88. The van der Waals surface area contributed by atoms with Crippen LogP contribution in [-0.2, 0) is 9.59 Å². The third-order valence-corrected chi connectivity index (χ3v) is 4.11. The van der Waals surface area contributed by atoms with Gasteiger partial charge in [-0.15, -0.1) is 0 Å². The van der Waals surface area contributed by atoms with Crippen LogP contribution < -0.4 is 5.32 Å². The molecule has 1 heterocycles. The van der Waals surface area contributed by atoms with Gasteiger partial charge in [0, 0.05) is 19.5 Å². The zero-order valence-electron chi connectivity index (χ0n) is 13.2. The van der Waals surface area contributed by atoms with Crippen LogP contribution in [0.1, 0.15) is 44.8 Å². The first kappa shape index (κ1) is 16.5. The highest BCUT2D eigenvalue weighted by Crippen LogP contribution is 2.20. The van der Waals surface area contributed by atoms with Crippen molar-refractivity contribution in [3.05, 3.63) is 35.9 Å². The summed E-state index contributed by atoms with van der Waals surface area (Å²) in [6.45, 7) is 4.01. The van der Waals surface area contributed by atoms with E-state index in [1.165, 1.54) is 6.92 Å². The second-order valence-electron chi connectivity index (χ2n) is 5.94. The van der Waals surface area contributed by atoms with Gasteiger partial charge in [-0.1, -0.05) is 30.3 Å². The average molecular weight is 304 g/mol. The summed E-state index contributed by atoms with van der Waals surface area (Å²) in [5, 5.41) is 13.1. The maximum Gasteiger partial charge on any atom is 0.243 e. The molecule has 1 saturated heterocycles. The topological polar surface area (TPSA) is 69.6 Å². The van der Waals surface area contributed by atoms with Gasteiger partial charge in [-0.05, 0) is 31.7 Å². The summed E-state index contributed by atoms with van der Waals surface area (Å²) in [6.07, 6.45) is 1.41. The van der Waals surface area contributed by atoms with E-state index in [1.807, 2.05) is 37.3 Å². The minimum absolute atomic E-state index is 0.0605. The lowest BCUT2D eigenvalue weighted by Crippen LogP contribution is -2.47. The fourth-order valence-electron chi connectivity index (χ4n) is 2.96. The molecule has 2 rings (SSSR count). The number of likely N-dealkylation sites (tertiary alicyclic amines) is 1. The summed E-state index contributed by atoms with van der Waals surface area (Å²) >= 11 is 0. The summed E-state index contributed by atoms with van der Waals surface area (Å²) in [5.74, 6) is -0.185. The minimum Gasteiger partial charge on any atom is -0.388 e. The fraction of sp³-hybridized carbons (Fsp3) is 0.529. The molecule has 22 heavy (non-hydrogen) atoms. The van der Waals surface area contributed by atoms with Crippen LogP contribution >= 0.6 is 0 Å². The third kappa shape index (κ3) is 4.07. The van der Waals surface area contributed by atoms with Crippen molar-refractivity contribution in [1.29, 1.82) is 0 Å². The Morgan fingerprint density at radius 3 is 2.68 bits per heavy atom. The van der Waals surface area contributed by atoms with Crippen molar-refractivity contribution in [3.8, 4) is 0 Å². The van der Waals surface area contributed by atoms with Gasteiger partial charge >= 0.3 is 0 Å². The molecule has 5 heteroatoms. The monoisotopic (exact) mass is 304 g/mol. The van der Waals surface area contributed by atoms with Crippen LogP contribution in [0, 0.1) is 0 Å². The van der Waals surface area contributed by atoms with E-state index in [4.69, 9.17) is 0 Å². The molecule has 0 radical (unpaired) electrons. The predicted octanol–water partition coefficient (Wildman–Crippen LogP) is 1.63. The van der Waals surface area contributed by atoms with E-state index in [2.05, 4.69) is 5.32 Å². The summed E-state index contributed by atoms with van der Waals surface area (Å²) in [5.41, 5.74) is 0.842. The summed E-state index contributed by atoms with van der Waals surface area (Å²) in [4.78, 5) is 25.4. The Balaban J connectivity index is 1.87. The fourth-order valence-corrected chi connectivity index (χ4v) is 2.96. The van der Waals surface area contributed by atoms with Gasteiger partial charge in [-0.3, -0.25) is 9.59 Å². The number of aliphatic hydroxyl groups is 1. The van der Waals surface area contributed by atoms with Gasteiger partial charge in [0.2, 0.25) is 11.8 Å². The molecule has 1 aliphatic heterocycles. The molecule has 0 aromatic heterocycles. The zero-order chi connectivity index (χ0) is 16.1. The van der Waals surface area contributed by atoms with Gasteiger partial charge in [0.15, 0.2) is 0 Å². The molecule has 5 nitrogen and oxygen atoms in total. The lowest BCUT2D eigenvalue weighted by molar-refractivity contribution is -0.137. The molecule has 0 bridgehead atoms. The maximum absolute atomic E-state index is 12.3. The van der Waals surface area contributed by atoms with Crippen molar-refractivity contribution < 1.29 is 14.7 Å². The Bertz CT molecular complexity index is 518. The van der Waals surface area contributed by atoms with E-state index in [0.29, 0.717) is 19.4 Å². The number of amides is 2. The lowest BCUT2D eigenvalue weighted by atomic mass is 10.0. The number of hydrogen-bond donors (Lipinski definition) is 2. The molecule has 0 aliphatic carbocycles. The quantitative estimate of drug-likeness (QED) is 0.868. The second kappa shape index (κ2) is 7.40. The Kier molecular flexibility index (Phi) is 5.55. The van der Waals surface area contributed by atoms with Gasteiger partial charge in [0.1, 0.15) is 6.04 Å². The van der Waals surface area contributed by atoms with Gasteiger partial charge in [-0.25, -0.2) is 0 Å². The van der Waals surface area contributed by atoms with Crippen LogP contribution in [0.25, 0.3) is 0 Å². The van der Waals surface area contributed by atoms with Gasteiger partial charge < -0.3 is 15.3 Å². The molecule has 120 valence electrons. The number of rotatable bonds is 5. The van der Waals surface area contributed by atoms with E-state index >= 15 is 0 Å². The molecule has 2 N–H and O–H groups in total. The predicted molar refractivity (Wildman–Crippen MR) is 84.0 cm³/mol. The first-order valence-corrected chi connectivity index (χ1v) is 7.79. The van der Waals surface area contributed by atoms with Crippen LogP contribution in [0.4, 0.5) is 0 Å². The molecule has 1 aliphatic rings. The average Bonchev–Trinajstić information content (AvgIpc) is 2.97. The van der Waals surface area contributed by atoms with Crippen LogP contribution in [0.2, 0.25) is 0 Å². The van der Waals surface area contributed by atoms with E-state index in [9.17, 15) is 14.7 Å². The van der Waals surface area contributed by atoms with E-state index < -0.39 is 6.10 Å². The van der Waals surface area contributed by atoms with Crippen LogP contribution in [0.5, 0.6) is 0 Å². The second-order valence-corrected chi connectivity index (χ2v) is 5.94. The Morgan fingerprint density at radius 1 is 1.36 bits per heavy atom. The smallest absolute Gasteiger partial charge is 0.243 e. The van der Waals surface area contributed by atoms with Crippen molar-refractivity contribution in [1.82, 2.24) is 10.2 Å². The highest BCUT2D eigenvalue weighted by Gasteiger charge is 2.32. The largest absolute Gasteiger partial charge is 0.388 e. The van der Waals surface area contributed by atoms with Crippen LogP contribution in [0.15, 0.2) is 30.3 Å². The molecule has 3 atom stereocenters. The summed E-state index contributed by atoms with van der Waals surface area (Å²) in [6, 6.07) is 8.88. The summed E-state index contributed by atoms with van der Waals surface area (Å²) < 4.78 is 0. The molecule has 1 aromatic carbocycles. The van der Waals surface area contributed by atoms with E-state index in [1.54, 1.807) is 4.90 Å². The van der Waals surface area contributed by atoms with Gasteiger partial charge in [0.05, 0.1) is 6.10 Å². The minimum atomic E-state index is -0.607. The zero-order valence-corrected chi connectivity index (χ0v) is 13.2. The highest BCUT2D eigenvalue weighted by molar-refractivity contribution is 5.87. The van der Waals surface area contributed by atoms with Gasteiger partial charge in [-0.2, -0.15) is 0 Å². The molecule has 2 amide bonds. The Labute approximate surface area is 131 Å². The van der Waals surface area contributed by atoms with Crippen LogP contribution in [0.3, 0.4) is 0 Å². The van der Waals surface area contributed by atoms with Crippen molar-refractivity contribution in [2.45, 2.75) is 51.3 Å². The first-order chi connectivity index (χ1) is 10.5. The molecular formula is C17H24N2O3. The maximum atomic E-state index is 12.3. The highest BCUT2D eigenvalue weighted by atomic mass is 16.3. The molecule has 0 unspecified atom stereocenters. The third-order valence-electron chi connectivity index (χ3n) is 4.11. The number of benzene rings is 1. The van der Waals surface area contributed by atoms with Crippen molar-refractivity contribution in [2.24, 2.45) is 0 Å². The lowest BCUT2D eigenvalue weighted by Gasteiger charge is -2.25. The standard InChI is InChI=1S/C17H24N2O3/c1-12(11-16(21)14-7-4-3-5-8-14)18-17(22)15-9-6-10-19(15)13(2)20/h3-5,7-8,12,15-16,21H,6,9-11H2,1-2H3,(H,18,22)/t12-,15-,16-/m1/s1. The van der Waals surface area contributed by atoms with E-state index in [-0.39, 0.29) is 23.9 Å². The van der Waals surface area contributed by atoms with Crippen LogP contribution in [-0.4, -0.2) is 40.4 Å². The normalized spacial score (nSPS) is 20.5. The van der Waals surface area contributed by atoms with E-state index in [0.717, 1.165) is 12.0 Å². The number of carbonyl (C=O) groups is 2. The van der Waals surface area contributed by atoms with Crippen molar-refractivity contribution in [2.75, 3.05) is 6.54 Å². The number of nitrogens with one attached hydrogen (secondary N) is 1. The number of aliphatic hydroxyl groups excluding tert-OH is 1. The number of carbonyl (C=O) groups excluding carboxylic acids is 2. The Morgan fingerprint density at radius 2 is 2.05 bits per heavy atom. The molecular weight excluding hydrogens is 280 g/mol. The molecule has 1 fully saturated rings. The number of hydrogen-bond acceptors (Lipinski definition) is 3. The summed E-state index contributed by atoms with van der Waals surface area (Å²) in [7, 11) is 0. The van der Waals surface area contributed by atoms with Gasteiger partial charge in [0.25, 0.3) is 0 Å². The molecule has 0 saturated carbocycles. The van der Waals surface area contributed by atoms with Crippen molar-refractivity contribution in [3.63, 3.8) is 0 Å². The molecule has 0 spiro atoms. The number of nitrogens with zero attached hydrogens (tertiary/aromatic N) is 1. The first-order valence-electron chi connectivity index (χ1n) is 7.79. The molecule has 1 aromatic rings.